The average Bonchev–Trinajstić information content (AvgIpc) is 2.99. The minimum atomic E-state index is -0.179. The van der Waals surface area contributed by atoms with Crippen LogP contribution in [0.25, 0.3) is 0 Å². The summed E-state index contributed by atoms with van der Waals surface area (Å²) in [6, 6.07) is 11.5. The van der Waals surface area contributed by atoms with Gasteiger partial charge < -0.3 is 14.9 Å². The highest BCUT2D eigenvalue weighted by Gasteiger charge is 2.50. The van der Waals surface area contributed by atoms with E-state index in [-0.39, 0.29) is 24.0 Å². The van der Waals surface area contributed by atoms with Crippen LogP contribution in [0, 0.1) is 11.8 Å². The van der Waals surface area contributed by atoms with Crippen molar-refractivity contribution in [3.63, 3.8) is 0 Å². The number of para-hydroxylation sites is 1. The molecule has 1 N–H and O–H groups in total. The summed E-state index contributed by atoms with van der Waals surface area (Å²) in [6.45, 7) is 8.06. The van der Waals surface area contributed by atoms with Crippen molar-refractivity contribution in [2.24, 2.45) is 11.8 Å². The maximum atomic E-state index is 10.9. The second-order valence-electron chi connectivity index (χ2n) is 9.24. The normalized spacial score (nSPS) is 31.3. The van der Waals surface area contributed by atoms with E-state index in [1.165, 1.54) is 31.4 Å². The van der Waals surface area contributed by atoms with Crippen molar-refractivity contribution >= 4 is 18.1 Å². The van der Waals surface area contributed by atoms with Crippen LogP contribution < -0.4 is 4.90 Å². The molecule has 3 aliphatic rings. The molecular formula is C23H37ClN2O. The Kier molecular flexibility index (Phi) is 6.76. The Balaban J connectivity index is 0.00000210. The van der Waals surface area contributed by atoms with Crippen LogP contribution in [0.15, 0.2) is 30.3 Å². The summed E-state index contributed by atoms with van der Waals surface area (Å²) >= 11 is 0. The summed E-state index contributed by atoms with van der Waals surface area (Å²) in [5.74, 6) is 1.78. The van der Waals surface area contributed by atoms with Crippen molar-refractivity contribution in [1.29, 1.82) is 0 Å². The van der Waals surface area contributed by atoms with Gasteiger partial charge in [-0.1, -0.05) is 32.0 Å². The molecule has 4 heteroatoms. The van der Waals surface area contributed by atoms with Gasteiger partial charge in [-0.15, -0.1) is 12.4 Å². The van der Waals surface area contributed by atoms with Gasteiger partial charge in [-0.25, -0.2) is 0 Å². The molecule has 1 atom stereocenters. The predicted molar refractivity (Wildman–Crippen MR) is 116 cm³/mol. The van der Waals surface area contributed by atoms with Crippen LogP contribution in [0.4, 0.5) is 5.69 Å². The number of nitrogens with zero attached hydrogens (tertiary/aromatic N) is 2. The molecule has 1 spiro atoms. The number of halogens is 1. The lowest BCUT2D eigenvalue weighted by Crippen LogP contribution is -2.59. The summed E-state index contributed by atoms with van der Waals surface area (Å²) in [6.07, 6.45) is 8.50. The standard InChI is InChI=1S/C23H36N2O.ClH/c1-18(2)19-8-10-20(11-9-19)24-16-13-23(14-17-24)22(26)12-15-25(23)21-6-4-3-5-7-21;/h3-7,18-20,22,26H,8-17H2,1-2H3;1H/t19?,20?,22-;/m1./s1. The molecule has 152 valence electrons. The van der Waals surface area contributed by atoms with Gasteiger partial charge in [0.2, 0.25) is 0 Å². The molecule has 1 saturated carbocycles. The minimum absolute atomic E-state index is 0. The van der Waals surface area contributed by atoms with Gasteiger partial charge >= 0.3 is 0 Å². The first-order valence-electron chi connectivity index (χ1n) is 10.8. The molecule has 0 amide bonds. The van der Waals surface area contributed by atoms with Gasteiger partial charge in [-0.05, 0) is 68.9 Å². The Bertz CT molecular complexity index is 577. The molecule has 2 saturated heterocycles. The lowest BCUT2D eigenvalue weighted by molar-refractivity contribution is 0.0290. The number of aliphatic hydroxyl groups excluding tert-OH is 1. The van der Waals surface area contributed by atoms with Crippen molar-refractivity contribution in [3.05, 3.63) is 30.3 Å². The van der Waals surface area contributed by atoms with Crippen molar-refractivity contribution in [3.8, 4) is 0 Å². The van der Waals surface area contributed by atoms with E-state index in [4.69, 9.17) is 0 Å². The summed E-state index contributed by atoms with van der Waals surface area (Å²) < 4.78 is 0. The SMILES string of the molecule is CC(C)C1CCC(N2CCC3(CC2)[C@H](O)CCN3c2ccccc2)CC1.Cl. The second-order valence-corrected chi connectivity index (χ2v) is 9.24. The molecule has 1 aliphatic carbocycles. The Morgan fingerprint density at radius 2 is 1.56 bits per heavy atom. The fourth-order valence-corrected chi connectivity index (χ4v) is 5.93. The van der Waals surface area contributed by atoms with Gasteiger partial charge in [-0.2, -0.15) is 0 Å². The zero-order valence-electron chi connectivity index (χ0n) is 17.0. The number of hydrogen-bond donors (Lipinski definition) is 1. The third-order valence-electron chi connectivity index (χ3n) is 7.72. The van der Waals surface area contributed by atoms with Gasteiger partial charge in [0.1, 0.15) is 0 Å². The summed E-state index contributed by atoms with van der Waals surface area (Å²) in [4.78, 5) is 5.26. The number of rotatable bonds is 3. The first kappa shape index (κ1) is 21.0. The number of anilines is 1. The second kappa shape index (κ2) is 8.71. The Labute approximate surface area is 171 Å². The van der Waals surface area contributed by atoms with Crippen LogP contribution in [0.3, 0.4) is 0 Å². The van der Waals surface area contributed by atoms with Crippen LogP contribution in [0.2, 0.25) is 0 Å². The minimum Gasteiger partial charge on any atom is -0.391 e. The quantitative estimate of drug-likeness (QED) is 0.805. The summed E-state index contributed by atoms with van der Waals surface area (Å²) in [5, 5.41) is 10.9. The first-order chi connectivity index (χ1) is 12.6. The molecular weight excluding hydrogens is 356 g/mol. The molecule has 3 fully saturated rings. The Morgan fingerprint density at radius 3 is 2.15 bits per heavy atom. The highest BCUT2D eigenvalue weighted by atomic mass is 35.5. The number of hydrogen-bond acceptors (Lipinski definition) is 3. The maximum Gasteiger partial charge on any atom is 0.0789 e. The number of likely N-dealkylation sites (tertiary alicyclic amines) is 1. The van der Waals surface area contributed by atoms with E-state index in [0.29, 0.717) is 0 Å². The number of aliphatic hydroxyl groups is 1. The largest absolute Gasteiger partial charge is 0.391 e. The molecule has 4 rings (SSSR count). The van der Waals surface area contributed by atoms with Crippen LogP contribution >= 0.6 is 12.4 Å². The van der Waals surface area contributed by atoms with E-state index in [0.717, 1.165) is 56.8 Å². The number of piperidine rings is 1. The lowest BCUT2D eigenvalue weighted by Gasteiger charge is -2.50. The van der Waals surface area contributed by atoms with Crippen LogP contribution in [0.1, 0.15) is 58.8 Å². The van der Waals surface area contributed by atoms with E-state index in [2.05, 4.69) is 54.0 Å². The topological polar surface area (TPSA) is 26.7 Å². The van der Waals surface area contributed by atoms with Crippen molar-refractivity contribution in [1.82, 2.24) is 4.90 Å². The van der Waals surface area contributed by atoms with E-state index in [1.54, 1.807) is 0 Å². The average molecular weight is 393 g/mol. The van der Waals surface area contributed by atoms with E-state index >= 15 is 0 Å². The maximum absolute atomic E-state index is 10.9. The molecule has 0 bridgehead atoms. The van der Waals surface area contributed by atoms with Gasteiger partial charge in [-0.3, -0.25) is 0 Å². The van der Waals surface area contributed by atoms with Crippen molar-refractivity contribution in [2.75, 3.05) is 24.5 Å². The Morgan fingerprint density at radius 1 is 0.926 bits per heavy atom. The van der Waals surface area contributed by atoms with Crippen LogP contribution in [-0.4, -0.2) is 47.3 Å². The molecule has 1 aromatic rings. The smallest absolute Gasteiger partial charge is 0.0789 e. The Hall–Kier alpha value is -0.770. The molecule has 0 radical (unpaired) electrons. The molecule has 3 nitrogen and oxygen atoms in total. The first-order valence-corrected chi connectivity index (χ1v) is 10.8. The van der Waals surface area contributed by atoms with Gasteiger partial charge in [0.15, 0.2) is 0 Å². The van der Waals surface area contributed by atoms with Gasteiger partial charge in [0, 0.05) is 31.4 Å². The van der Waals surface area contributed by atoms with E-state index in [1.807, 2.05) is 0 Å². The van der Waals surface area contributed by atoms with Gasteiger partial charge in [0.05, 0.1) is 11.6 Å². The van der Waals surface area contributed by atoms with Crippen molar-refractivity contribution < 1.29 is 5.11 Å². The molecule has 2 heterocycles. The lowest BCUT2D eigenvalue weighted by atomic mass is 9.77. The zero-order chi connectivity index (χ0) is 18.1. The van der Waals surface area contributed by atoms with Gasteiger partial charge in [0.25, 0.3) is 0 Å². The molecule has 2 aliphatic heterocycles. The third kappa shape index (κ3) is 4.02. The molecule has 0 aromatic heterocycles. The summed E-state index contributed by atoms with van der Waals surface area (Å²) in [5.41, 5.74) is 1.25. The van der Waals surface area contributed by atoms with E-state index < -0.39 is 0 Å². The highest BCUT2D eigenvalue weighted by Crippen LogP contribution is 2.43. The molecule has 27 heavy (non-hydrogen) atoms. The predicted octanol–water partition coefficient (Wildman–Crippen LogP) is 4.73. The van der Waals surface area contributed by atoms with Crippen LogP contribution in [0.5, 0.6) is 0 Å². The third-order valence-corrected chi connectivity index (χ3v) is 7.72. The highest BCUT2D eigenvalue weighted by molar-refractivity contribution is 5.85. The van der Waals surface area contributed by atoms with E-state index in [9.17, 15) is 5.11 Å². The molecule has 0 unspecified atom stereocenters. The number of benzene rings is 1. The fourth-order valence-electron chi connectivity index (χ4n) is 5.93. The van der Waals surface area contributed by atoms with Crippen LogP contribution in [-0.2, 0) is 0 Å². The zero-order valence-corrected chi connectivity index (χ0v) is 17.8. The summed E-state index contributed by atoms with van der Waals surface area (Å²) in [7, 11) is 0. The monoisotopic (exact) mass is 392 g/mol. The molecule has 1 aromatic carbocycles. The fraction of sp³-hybridized carbons (Fsp3) is 0.739. The van der Waals surface area contributed by atoms with Crippen molar-refractivity contribution in [2.45, 2.75) is 76.5 Å².